The highest BCUT2D eigenvalue weighted by molar-refractivity contribution is 9.10. The van der Waals surface area contributed by atoms with Crippen LogP contribution in [0.2, 0.25) is 0 Å². The molecule has 0 unspecified atom stereocenters. The molecule has 3 fully saturated rings. The van der Waals surface area contributed by atoms with E-state index in [1.807, 2.05) is 24.3 Å². The van der Waals surface area contributed by atoms with Crippen molar-refractivity contribution < 1.29 is 32.3 Å². The number of halogens is 4. The van der Waals surface area contributed by atoms with Crippen LogP contribution < -0.4 is 11.1 Å². The molecule has 1 spiro atoms. The van der Waals surface area contributed by atoms with Crippen LogP contribution in [0.15, 0.2) is 40.9 Å². The fraction of sp³-hybridized carbons (Fsp3) is 0.559. The van der Waals surface area contributed by atoms with Gasteiger partial charge in [0.2, 0.25) is 5.91 Å². The number of nitrogens with two attached hydrogens (primary N) is 1. The number of ether oxygens (including phenoxy) is 1. The van der Waals surface area contributed by atoms with E-state index in [2.05, 4.69) is 38.1 Å². The molecule has 10 nitrogen and oxygen atoms in total. The van der Waals surface area contributed by atoms with E-state index in [1.165, 1.54) is 11.0 Å². The van der Waals surface area contributed by atoms with E-state index in [0.717, 1.165) is 56.3 Å². The summed E-state index contributed by atoms with van der Waals surface area (Å²) in [6.45, 7) is 5.48. The summed E-state index contributed by atoms with van der Waals surface area (Å²) in [6.07, 6.45) is -4.06. The van der Waals surface area contributed by atoms with Crippen LogP contribution in [0.3, 0.4) is 0 Å². The highest BCUT2D eigenvalue weighted by Gasteiger charge is 2.44. The number of nitrogen functional groups attached to an aromatic ring is 1. The predicted octanol–water partition coefficient (Wildman–Crippen LogP) is 4.71. The second-order valence-electron chi connectivity index (χ2n) is 13.5. The lowest BCUT2D eigenvalue weighted by Gasteiger charge is -2.44. The van der Waals surface area contributed by atoms with Crippen molar-refractivity contribution in [2.45, 2.75) is 62.3 Å². The quantitative estimate of drug-likeness (QED) is 0.429. The van der Waals surface area contributed by atoms with Gasteiger partial charge in [-0.25, -0.2) is 4.79 Å². The lowest BCUT2D eigenvalue weighted by atomic mass is 9.68. The van der Waals surface area contributed by atoms with E-state index in [-0.39, 0.29) is 22.4 Å². The Kier molecular flexibility index (Phi) is 9.97. The number of carbonyl (C=O) groups is 3. The molecule has 0 aliphatic carbocycles. The Morgan fingerprint density at radius 3 is 2.35 bits per heavy atom. The van der Waals surface area contributed by atoms with Crippen molar-refractivity contribution in [3.63, 3.8) is 0 Å². The molecule has 0 radical (unpaired) electrons. The molecule has 260 valence electrons. The first-order valence-electron chi connectivity index (χ1n) is 16.5. The molecule has 2 aromatic rings. The van der Waals surface area contributed by atoms with Crippen molar-refractivity contribution in [1.29, 1.82) is 0 Å². The van der Waals surface area contributed by atoms with Gasteiger partial charge in [-0.3, -0.25) is 14.5 Å². The van der Waals surface area contributed by atoms with E-state index < -0.39 is 40.9 Å². The maximum absolute atomic E-state index is 14.0. The van der Waals surface area contributed by atoms with Gasteiger partial charge >= 0.3 is 12.3 Å². The first kappa shape index (κ1) is 34.5. The number of hydrogen-bond acceptors (Lipinski definition) is 7. The number of benzene rings is 2. The van der Waals surface area contributed by atoms with Crippen LogP contribution in [0.25, 0.3) is 0 Å². The predicted molar refractivity (Wildman–Crippen MR) is 178 cm³/mol. The van der Waals surface area contributed by atoms with Gasteiger partial charge in [-0.1, -0.05) is 18.2 Å². The first-order valence-corrected chi connectivity index (χ1v) is 17.3. The van der Waals surface area contributed by atoms with Crippen LogP contribution in [0.1, 0.15) is 48.8 Å². The topological polar surface area (TPSA) is 111 Å². The number of likely N-dealkylation sites (tertiary alicyclic amines) is 2. The van der Waals surface area contributed by atoms with Gasteiger partial charge < -0.3 is 30.5 Å². The smallest absolute Gasteiger partial charge is 0.418 e. The minimum Gasteiger partial charge on any atom is -0.436 e. The summed E-state index contributed by atoms with van der Waals surface area (Å²) in [7, 11) is 2.10. The van der Waals surface area contributed by atoms with Gasteiger partial charge in [-0.05, 0) is 78.0 Å². The molecule has 48 heavy (non-hydrogen) atoms. The average Bonchev–Trinajstić information content (AvgIpc) is 3.06. The molecule has 3 amide bonds. The Bertz CT molecular complexity index is 1530. The van der Waals surface area contributed by atoms with Crippen molar-refractivity contribution in [3.05, 3.63) is 57.6 Å². The number of nitrogens with zero attached hydrogens (tertiary/aromatic N) is 4. The number of piperidine rings is 2. The highest BCUT2D eigenvalue weighted by atomic mass is 79.9. The fourth-order valence-corrected chi connectivity index (χ4v) is 8.18. The Hall–Kier alpha value is -3.36. The molecule has 4 aliphatic heterocycles. The zero-order valence-corrected chi connectivity index (χ0v) is 28.6. The molecule has 2 aromatic carbocycles. The number of carbonyl (C=O) groups excluding carboxylic acids is 3. The Labute approximate surface area is 286 Å². The Balaban J connectivity index is 1.17. The summed E-state index contributed by atoms with van der Waals surface area (Å²) >= 11 is 3.13. The summed E-state index contributed by atoms with van der Waals surface area (Å²) in [6, 6.07) is 10.4. The summed E-state index contributed by atoms with van der Waals surface area (Å²) in [5, 5.41) is 2.93. The van der Waals surface area contributed by atoms with Crippen molar-refractivity contribution in [2.75, 3.05) is 70.5 Å². The maximum Gasteiger partial charge on any atom is 0.418 e. The molecule has 0 saturated carbocycles. The monoisotopic (exact) mass is 734 g/mol. The van der Waals surface area contributed by atoms with E-state index in [0.29, 0.717) is 51.5 Å². The van der Waals surface area contributed by atoms with E-state index >= 15 is 0 Å². The first-order chi connectivity index (χ1) is 22.8. The van der Waals surface area contributed by atoms with Crippen molar-refractivity contribution in [3.8, 4) is 0 Å². The fourth-order valence-electron chi connectivity index (χ4n) is 7.67. The molecule has 4 heterocycles. The number of likely N-dealkylation sites (N-methyl/N-ethyl adjacent to an activating group) is 1. The van der Waals surface area contributed by atoms with E-state index in [4.69, 9.17) is 10.5 Å². The third kappa shape index (κ3) is 7.30. The number of alkyl halides is 3. The zero-order chi connectivity index (χ0) is 34.2. The minimum absolute atomic E-state index is 0.0518. The molecule has 0 bridgehead atoms. The molecule has 4 aliphatic rings. The molecule has 6 rings (SSSR count). The number of nitrogens with one attached hydrogen (secondary N) is 1. The lowest BCUT2D eigenvalue weighted by Crippen LogP contribution is -2.54. The third-order valence-electron chi connectivity index (χ3n) is 10.5. The van der Waals surface area contributed by atoms with Gasteiger partial charge in [0.1, 0.15) is 0 Å². The van der Waals surface area contributed by atoms with Crippen LogP contribution in [-0.2, 0) is 32.3 Å². The van der Waals surface area contributed by atoms with Gasteiger partial charge in [0.15, 0.2) is 6.10 Å². The molecule has 3 saturated heterocycles. The number of para-hydroxylation sites is 1. The molecule has 0 aromatic heterocycles. The molecule has 14 heteroatoms. The summed E-state index contributed by atoms with van der Waals surface area (Å²) in [5.74, 6) is -0.493. The van der Waals surface area contributed by atoms with Gasteiger partial charge in [0.25, 0.3) is 5.91 Å². The summed E-state index contributed by atoms with van der Waals surface area (Å²) in [4.78, 5) is 48.2. The summed E-state index contributed by atoms with van der Waals surface area (Å²) in [5.41, 5.74) is 5.85. The number of piperazine rings is 1. The van der Waals surface area contributed by atoms with Crippen LogP contribution in [0.4, 0.5) is 29.3 Å². The van der Waals surface area contributed by atoms with E-state index in [1.54, 1.807) is 4.90 Å². The maximum atomic E-state index is 14.0. The standard InChI is InChI=1S/C34H42BrF3N6O4/c1-41-14-16-42(17-15-41)23-6-10-43(11-7-23)31(46)28(20-22-18-25(34(36,37)38)30(39)26(35)19-22)48-32(47)44-12-8-33(9-13-44)21-29(45)40-27-5-3-2-4-24(27)33/h2-5,18-19,23,28H,6-17,20-21,39H2,1H3,(H,40,45)/t28-/m1/s1. The van der Waals surface area contributed by atoms with Crippen LogP contribution in [0.5, 0.6) is 0 Å². The van der Waals surface area contributed by atoms with Gasteiger partial charge in [0.05, 0.1) is 11.3 Å². The molecular formula is C34H42BrF3N6O4. The summed E-state index contributed by atoms with van der Waals surface area (Å²) < 4.78 is 47.4. The SMILES string of the molecule is CN1CCN(C2CCN(C(=O)[C@@H](Cc3cc(Br)c(N)c(C(F)(F)F)c3)OC(=O)N3CCC4(CC3)CC(=O)Nc3ccccc34)CC2)CC1. The third-order valence-corrected chi connectivity index (χ3v) is 11.2. The second-order valence-corrected chi connectivity index (χ2v) is 14.4. The van der Waals surface area contributed by atoms with Gasteiger partial charge in [-0.2, -0.15) is 13.2 Å². The normalized spacial score (nSPS) is 21.5. The lowest BCUT2D eigenvalue weighted by molar-refractivity contribution is -0.142. The average molecular weight is 736 g/mol. The van der Waals surface area contributed by atoms with Crippen LogP contribution >= 0.6 is 15.9 Å². The molecule has 1 atom stereocenters. The number of fused-ring (bicyclic) bond motifs is 2. The minimum atomic E-state index is -4.71. The Morgan fingerprint density at radius 2 is 1.69 bits per heavy atom. The molecular weight excluding hydrogens is 693 g/mol. The van der Waals surface area contributed by atoms with Crippen molar-refractivity contribution >= 4 is 45.2 Å². The number of anilines is 2. The van der Waals surface area contributed by atoms with Gasteiger partial charge in [0, 0.05) is 86.8 Å². The van der Waals surface area contributed by atoms with Crippen LogP contribution in [0, 0.1) is 0 Å². The number of amides is 3. The number of rotatable bonds is 5. The number of hydrogen-bond donors (Lipinski definition) is 2. The van der Waals surface area contributed by atoms with Crippen LogP contribution in [-0.4, -0.2) is 109 Å². The Morgan fingerprint density at radius 1 is 1.02 bits per heavy atom. The second kappa shape index (κ2) is 13.9. The molecule has 3 N–H and O–H groups in total. The van der Waals surface area contributed by atoms with Gasteiger partial charge in [-0.15, -0.1) is 0 Å². The largest absolute Gasteiger partial charge is 0.436 e. The van der Waals surface area contributed by atoms with E-state index in [9.17, 15) is 27.6 Å². The van der Waals surface area contributed by atoms with Crippen molar-refractivity contribution in [2.24, 2.45) is 0 Å². The zero-order valence-electron chi connectivity index (χ0n) is 27.0. The highest BCUT2D eigenvalue weighted by Crippen LogP contribution is 2.45. The van der Waals surface area contributed by atoms with Crippen molar-refractivity contribution in [1.82, 2.24) is 19.6 Å².